The van der Waals surface area contributed by atoms with Crippen molar-refractivity contribution >= 4 is 27.5 Å². The van der Waals surface area contributed by atoms with Crippen LogP contribution in [0.4, 0.5) is 5.69 Å². The van der Waals surface area contributed by atoms with Gasteiger partial charge in [-0.15, -0.1) is 0 Å². The van der Waals surface area contributed by atoms with Gasteiger partial charge in [-0.05, 0) is 49.2 Å². The summed E-state index contributed by atoms with van der Waals surface area (Å²) < 4.78 is 32.5. The maximum absolute atomic E-state index is 13.0. The average Bonchev–Trinajstić information content (AvgIpc) is 3.29. The van der Waals surface area contributed by atoms with Crippen molar-refractivity contribution in [2.45, 2.75) is 24.2 Å². The molecule has 2 aliphatic rings. The number of benzene rings is 1. The van der Waals surface area contributed by atoms with Crippen LogP contribution in [-0.2, 0) is 14.8 Å². The van der Waals surface area contributed by atoms with Gasteiger partial charge < -0.3 is 14.2 Å². The Kier molecular flexibility index (Phi) is 5.42. The molecule has 154 valence electrons. The fourth-order valence-corrected chi connectivity index (χ4v) is 5.14. The third-order valence-corrected chi connectivity index (χ3v) is 7.28. The van der Waals surface area contributed by atoms with E-state index in [9.17, 15) is 18.0 Å². The number of rotatable bonds is 4. The highest BCUT2D eigenvalue weighted by Gasteiger charge is 2.31. The molecule has 0 saturated carbocycles. The van der Waals surface area contributed by atoms with Crippen LogP contribution in [0.3, 0.4) is 0 Å². The van der Waals surface area contributed by atoms with E-state index >= 15 is 0 Å². The molecule has 0 bridgehead atoms. The van der Waals surface area contributed by atoms with Crippen LogP contribution in [0.15, 0.2) is 52.0 Å². The molecule has 0 spiro atoms. The summed E-state index contributed by atoms with van der Waals surface area (Å²) in [6.45, 7) is 1.72. The molecule has 8 nitrogen and oxygen atoms in total. The predicted octanol–water partition coefficient (Wildman–Crippen LogP) is 1.94. The smallest absolute Gasteiger partial charge is 0.289 e. The van der Waals surface area contributed by atoms with Gasteiger partial charge in [-0.1, -0.05) is 0 Å². The monoisotopic (exact) mass is 417 g/mol. The molecule has 1 aromatic heterocycles. The van der Waals surface area contributed by atoms with E-state index in [0.717, 1.165) is 18.5 Å². The predicted molar refractivity (Wildman–Crippen MR) is 106 cm³/mol. The molecule has 29 heavy (non-hydrogen) atoms. The first-order valence-electron chi connectivity index (χ1n) is 9.70. The Hall–Kier alpha value is -2.65. The van der Waals surface area contributed by atoms with Crippen molar-refractivity contribution in [1.29, 1.82) is 0 Å². The highest BCUT2D eigenvalue weighted by Crippen LogP contribution is 2.25. The van der Waals surface area contributed by atoms with E-state index < -0.39 is 10.0 Å². The normalized spacial score (nSPS) is 18.8. The molecular weight excluding hydrogens is 394 g/mol. The summed E-state index contributed by atoms with van der Waals surface area (Å²) in [5.41, 5.74) is 0.725. The number of carbonyl (C=O) groups excluding carboxylic acids is 2. The zero-order valence-corrected chi connectivity index (χ0v) is 16.8. The van der Waals surface area contributed by atoms with Crippen molar-refractivity contribution in [3.63, 3.8) is 0 Å². The molecule has 0 atom stereocenters. The number of anilines is 1. The molecule has 2 saturated heterocycles. The summed E-state index contributed by atoms with van der Waals surface area (Å²) in [5.74, 6) is 0.0935. The standard InChI is InChI=1S/C20H23N3O5S/c24-19-5-1-2-10-23(19)16-6-8-17(9-7-16)29(26,27)22-13-11-21(12-14-22)20(25)18-4-3-15-28-18/h3-4,6-9,15H,1-2,5,10-14H2. The fraction of sp³-hybridized carbons (Fsp3) is 0.400. The summed E-state index contributed by atoms with van der Waals surface area (Å²) in [7, 11) is -3.66. The van der Waals surface area contributed by atoms with Crippen molar-refractivity contribution < 1.29 is 22.4 Å². The minimum Gasteiger partial charge on any atom is -0.459 e. The molecule has 9 heteroatoms. The first-order valence-corrected chi connectivity index (χ1v) is 11.1. The number of carbonyl (C=O) groups is 2. The number of nitrogens with zero attached hydrogens (tertiary/aromatic N) is 3. The van der Waals surface area contributed by atoms with Gasteiger partial charge in [0.05, 0.1) is 11.2 Å². The van der Waals surface area contributed by atoms with E-state index in [2.05, 4.69) is 0 Å². The maximum atomic E-state index is 13.0. The van der Waals surface area contributed by atoms with Gasteiger partial charge >= 0.3 is 0 Å². The minimum atomic E-state index is -3.66. The summed E-state index contributed by atoms with van der Waals surface area (Å²) >= 11 is 0. The van der Waals surface area contributed by atoms with Gasteiger partial charge in [0.15, 0.2) is 5.76 Å². The van der Waals surface area contributed by atoms with E-state index in [-0.39, 0.29) is 35.6 Å². The van der Waals surface area contributed by atoms with Gasteiger partial charge in [-0.2, -0.15) is 4.31 Å². The molecule has 0 unspecified atom stereocenters. The molecule has 0 aliphatic carbocycles. The van der Waals surface area contributed by atoms with Gasteiger partial charge in [0.25, 0.3) is 5.91 Å². The van der Waals surface area contributed by atoms with E-state index in [1.807, 2.05) is 0 Å². The topological polar surface area (TPSA) is 91.1 Å². The molecular formula is C20H23N3O5S. The van der Waals surface area contributed by atoms with Crippen LogP contribution in [-0.4, -0.2) is 62.2 Å². The molecule has 3 heterocycles. The molecule has 0 radical (unpaired) electrons. The Morgan fingerprint density at radius 3 is 2.28 bits per heavy atom. The number of hydrogen-bond acceptors (Lipinski definition) is 5. The quantitative estimate of drug-likeness (QED) is 0.758. The Morgan fingerprint density at radius 2 is 1.66 bits per heavy atom. The lowest BCUT2D eigenvalue weighted by atomic mass is 10.1. The lowest BCUT2D eigenvalue weighted by Gasteiger charge is -2.33. The number of sulfonamides is 1. The summed E-state index contributed by atoms with van der Waals surface area (Å²) in [6, 6.07) is 9.72. The zero-order valence-electron chi connectivity index (χ0n) is 16.0. The maximum Gasteiger partial charge on any atom is 0.289 e. The van der Waals surface area contributed by atoms with Crippen LogP contribution in [0.25, 0.3) is 0 Å². The highest BCUT2D eigenvalue weighted by molar-refractivity contribution is 7.89. The van der Waals surface area contributed by atoms with Crippen molar-refractivity contribution in [2.75, 3.05) is 37.6 Å². The number of furan rings is 1. The summed E-state index contributed by atoms with van der Waals surface area (Å²) in [5, 5.41) is 0. The van der Waals surface area contributed by atoms with Crippen molar-refractivity contribution in [1.82, 2.24) is 9.21 Å². The van der Waals surface area contributed by atoms with Gasteiger partial charge in [-0.25, -0.2) is 8.42 Å². The Balaban J connectivity index is 1.42. The van der Waals surface area contributed by atoms with Crippen molar-refractivity contribution in [3.8, 4) is 0 Å². The third-order valence-electron chi connectivity index (χ3n) is 5.37. The van der Waals surface area contributed by atoms with Crippen LogP contribution >= 0.6 is 0 Å². The van der Waals surface area contributed by atoms with E-state index in [0.29, 0.717) is 26.1 Å². The minimum absolute atomic E-state index is 0.0733. The summed E-state index contributed by atoms with van der Waals surface area (Å²) in [6.07, 6.45) is 3.82. The second-order valence-electron chi connectivity index (χ2n) is 7.17. The number of amides is 2. The van der Waals surface area contributed by atoms with E-state index in [1.54, 1.807) is 46.2 Å². The summed E-state index contributed by atoms with van der Waals surface area (Å²) in [4.78, 5) is 27.9. The lowest BCUT2D eigenvalue weighted by molar-refractivity contribution is -0.119. The Bertz CT molecular complexity index is 978. The van der Waals surface area contributed by atoms with Crippen LogP contribution in [0.2, 0.25) is 0 Å². The largest absolute Gasteiger partial charge is 0.459 e. The highest BCUT2D eigenvalue weighted by atomic mass is 32.2. The molecule has 1 aromatic carbocycles. The van der Waals surface area contributed by atoms with Gasteiger partial charge in [0, 0.05) is 44.8 Å². The number of hydrogen-bond donors (Lipinski definition) is 0. The third kappa shape index (κ3) is 3.92. The SMILES string of the molecule is O=C(c1ccco1)N1CCN(S(=O)(=O)c2ccc(N3CCCCC3=O)cc2)CC1. The molecule has 0 N–H and O–H groups in total. The van der Waals surface area contributed by atoms with Gasteiger partial charge in [-0.3, -0.25) is 9.59 Å². The van der Waals surface area contributed by atoms with Crippen LogP contribution in [0.1, 0.15) is 29.8 Å². The zero-order chi connectivity index (χ0) is 20.4. The Labute approximate surface area is 169 Å². The van der Waals surface area contributed by atoms with Gasteiger partial charge in [0.2, 0.25) is 15.9 Å². The molecule has 2 aromatic rings. The molecule has 2 aliphatic heterocycles. The number of piperazine rings is 1. The van der Waals surface area contributed by atoms with Gasteiger partial charge in [0.1, 0.15) is 0 Å². The second kappa shape index (κ2) is 8.00. The van der Waals surface area contributed by atoms with Crippen molar-refractivity contribution in [2.24, 2.45) is 0 Å². The van der Waals surface area contributed by atoms with Crippen LogP contribution < -0.4 is 4.90 Å². The fourth-order valence-electron chi connectivity index (χ4n) is 3.71. The van der Waals surface area contributed by atoms with E-state index in [1.165, 1.54) is 10.6 Å². The second-order valence-corrected chi connectivity index (χ2v) is 9.11. The number of piperidine rings is 1. The lowest BCUT2D eigenvalue weighted by Crippen LogP contribution is -2.50. The average molecular weight is 417 g/mol. The van der Waals surface area contributed by atoms with Crippen LogP contribution in [0.5, 0.6) is 0 Å². The first-order chi connectivity index (χ1) is 14.0. The molecule has 2 fully saturated rings. The molecule has 4 rings (SSSR count). The first kappa shape index (κ1) is 19.7. The van der Waals surface area contributed by atoms with E-state index in [4.69, 9.17) is 4.42 Å². The Morgan fingerprint density at radius 1 is 0.931 bits per heavy atom. The van der Waals surface area contributed by atoms with Crippen molar-refractivity contribution in [3.05, 3.63) is 48.4 Å². The van der Waals surface area contributed by atoms with Crippen LogP contribution in [0, 0.1) is 0 Å². The molecule has 2 amide bonds.